The highest BCUT2D eigenvalue weighted by Crippen LogP contribution is 2.06. The van der Waals surface area contributed by atoms with E-state index < -0.39 is 13.1 Å². The first-order chi connectivity index (χ1) is 8.50. The molecule has 94 valence electrons. The fourth-order valence-electron chi connectivity index (χ4n) is 1.04. The Hall–Kier alpha value is -1.34. The Kier molecular flexibility index (Phi) is 5.87. The quantitative estimate of drug-likeness (QED) is 0.730. The van der Waals surface area contributed by atoms with Gasteiger partial charge >= 0.3 is 13.1 Å². The Balaban J connectivity index is 0.000000184. The molecule has 3 N–H and O–H groups in total. The van der Waals surface area contributed by atoms with Gasteiger partial charge < -0.3 is 15.2 Å². The highest BCUT2D eigenvalue weighted by molar-refractivity contribution is 7.11. The fourth-order valence-corrected chi connectivity index (χ4v) is 1.72. The van der Waals surface area contributed by atoms with E-state index in [9.17, 15) is 4.79 Å². The highest BCUT2D eigenvalue weighted by atomic mass is 35.5. The van der Waals surface area contributed by atoms with Crippen LogP contribution in [-0.2, 0) is 0 Å². The van der Waals surface area contributed by atoms with E-state index in [0.717, 1.165) is 0 Å². The molecule has 1 aromatic carbocycles. The van der Waals surface area contributed by atoms with E-state index in [1.165, 1.54) is 11.3 Å². The summed E-state index contributed by atoms with van der Waals surface area (Å²) in [5.41, 5.74) is 0.449. The minimum absolute atomic E-state index is 0.394. The van der Waals surface area contributed by atoms with Crippen LogP contribution in [0.15, 0.2) is 41.8 Å². The second-order valence-electron chi connectivity index (χ2n) is 3.21. The summed E-state index contributed by atoms with van der Waals surface area (Å²) in [5.74, 6) is -0.847. The molecule has 7 heteroatoms. The summed E-state index contributed by atoms with van der Waals surface area (Å²) in [6, 6.07) is 9.63. The topological polar surface area (TPSA) is 77.8 Å². The van der Waals surface area contributed by atoms with Crippen LogP contribution in [0, 0.1) is 0 Å². The Morgan fingerprint density at radius 3 is 2.11 bits per heavy atom. The molecule has 2 aromatic rings. The summed E-state index contributed by atoms with van der Waals surface area (Å²) in [7, 11) is -1.41. The molecule has 0 saturated heterocycles. The molecule has 0 aliphatic heterocycles. The number of halogens is 1. The zero-order valence-corrected chi connectivity index (χ0v) is 10.7. The van der Waals surface area contributed by atoms with Gasteiger partial charge in [-0.2, -0.15) is 0 Å². The molecule has 0 aliphatic carbocycles. The van der Waals surface area contributed by atoms with Gasteiger partial charge in [-0.3, -0.25) is 0 Å². The van der Waals surface area contributed by atoms with Gasteiger partial charge in [-0.05, 0) is 29.0 Å². The highest BCUT2D eigenvalue weighted by Gasteiger charge is 2.08. The molecule has 0 unspecified atom stereocenters. The fraction of sp³-hybridized carbons (Fsp3) is 0. The monoisotopic (exact) mass is 284 g/mol. The molecule has 18 heavy (non-hydrogen) atoms. The average molecular weight is 285 g/mol. The number of hydrogen-bond donors (Lipinski definition) is 3. The van der Waals surface area contributed by atoms with Crippen LogP contribution in [0.3, 0.4) is 0 Å². The predicted molar refractivity (Wildman–Crippen MR) is 72.6 cm³/mol. The second-order valence-corrected chi connectivity index (χ2v) is 4.59. The Bertz CT molecular complexity index is 484. The second kappa shape index (κ2) is 7.18. The lowest BCUT2D eigenvalue weighted by Gasteiger charge is -1.96. The zero-order valence-electron chi connectivity index (χ0n) is 9.15. The molecule has 0 fully saturated rings. The molecule has 0 amide bonds. The van der Waals surface area contributed by atoms with Gasteiger partial charge in [-0.15, -0.1) is 11.3 Å². The summed E-state index contributed by atoms with van der Waals surface area (Å²) < 4.78 is 0. The van der Waals surface area contributed by atoms with Crippen LogP contribution in [0.1, 0.15) is 9.67 Å². The molecule has 0 spiro atoms. The number of aromatic carboxylic acids is 1. The molecular weight excluding hydrogens is 274 g/mol. The molecule has 0 atom stereocenters. The summed E-state index contributed by atoms with van der Waals surface area (Å²) in [6.45, 7) is 0. The van der Waals surface area contributed by atoms with Crippen molar-refractivity contribution in [3.05, 3.63) is 51.7 Å². The molecule has 2 rings (SSSR count). The number of benzene rings is 1. The van der Waals surface area contributed by atoms with Gasteiger partial charge in [-0.1, -0.05) is 29.8 Å². The van der Waals surface area contributed by atoms with Crippen molar-refractivity contribution in [3.8, 4) is 0 Å². The third kappa shape index (κ3) is 4.89. The first-order valence-electron chi connectivity index (χ1n) is 4.89. The van der Waals surface area contributed by atoms with Crippen molar-refractivity contribution >= 4 is 41.5 Å². The van der Waals surface area contributed by atoms with Crippen LogP contribution in [0.4, 0.5) is 0 Å². The van der Waals surface area contributed by atoms with E-state index >= 15 is 0 Å². The number of carboxylic acids is 1. The van der Waals surface area contributed by atoms with Gasteiger partial charge in [0, 0.05) is 5.02 Å². The Morgan fingerprint density at radius 2 is 1.78 bits per heavy atom. The maximum absolute atomic E-state index is 10.1. The maximum Gasteiger partial charge on any atom is 0.488 e. The van der Waals surface area contributed by atoms with Crippen LogP contribution in [-0.4, -0.2) is 28.2 Å². The smallest absolute Gasteiger partial charge is 0.477 e. The summed E-state index contributed by atoms with van der Waals surface area (Å²) >= 11 is 6.78. The number of thiophene rings is 1. The van der Waals surface area contributed by atoms with Gasteiger partial charge in [-0.25, -0.2) is 4.79 Å². The summed E-state index contributed by atoms with van der Waals surface area (Å²) in [4.78, 5) is 10.5. The van der Waals surface area contributed by atoms with Crippen LogP contribution >= 0.6 is 22.9 Å². The molecule has 4 nitrogen and oxygen atoms in total. The number of carboxylic acid groups (broad SMARTS) is 1. The lowest BCUT2D eigenvalue weighted by Crippen LogP contribution is -2.29. The number of hydrogen-bond acceptors (Lipinski definition) is 4. The maximum atomic E-state index is 10.1. The normalized spacial score (nSPS) is 9.28. The first-order valence-corrected chi connectivity index (χ1v) is 6.15. The molecular formula is C11H10BClO4S. The van der Waals surface area contributed by atoms with Crippen LogP contribution < -0.4 is 5.46 Å². The number of rotatable bonds is 2. The summed E-state index contributed by atoms with van der Waals surface area (Å²) in [5, 5.41) is 27.9. The number of carbonyl (C=O) groups is 1. The molecule has 0 radical (unpaired) electrons. The third-order valence-corrected chi connectivity index (χ3v) is 3.01. The minimum atomic E-state index is -1.41. The van der Waals surface area contributed by atoms with Gasteiger partial charge in [0.25, 0.3) is 0 Å². The van der Waals surface area contributed by atoms with Crippen molar-refractivity contribution in [2.24, 2.45) is 0 Å². The van der Waals surface area contributed by atoms with Gasteiger partial charge in [0.2, 0.25) is 0 Å². The molecule has 0 aliphatic rings. The Labute approximate surface area is 113 Å². The van der Waals surface area contributed by atoms with Crippen molar-refractivity contribution in [3.63, 3.8) is 0 Å². The largest absolute Gasteiger partial charge is 0.488 e. The van der Waals surface area contributed by atoms with Crippen molar-refractivity contribution in [2.45, 2.75) is 0 Å². The molecule has 0 saturated carbocycles. The first kappa shape index (κ1) is 14.7. The molecule has 1 aromatic heterocycles. The van der Waals surface area contributed by atoms with Crippen molar-refractivity contribution in [2.75, 3.05) is 0 Å². The predicted octanol–water partition coefficient (Wildman–Crippen LogP) is 1.47. The van der Waals surface area contributed by atoms with Crippen molar-refractivity contribution in [1.82, 2.24) is 0 Å². The van der Waals surface area contributed by atoms with E-state index in [2.05, 4.69) is 0 Å². The lowest BCUT2D eigenvalue weighted by atomic mass is 9.81. The van der Waals surface area contributed by atoms with Crippen LogP contribution in [0.5, 0.6) is 0 Å². The lowest BCUT2D eigenvalue weighted by molar-refractivity contribution is 0.0702. The minimum Gasteiger partial charge on any atom is -0.477 e. The average Bonchev–Trinajstić information content (AvgIpc) is 2.84. The van der Waals surface area contributed by atoms with E-state index in [-0.39, 0.29) is 0 Å². The third-order valence-electron chi connectivity index (χ3n) is 1.90. The standard InChI is InChI=1S/C6H6BClO2.C5H4O2S/c8-6-3-1-5(2-4-6)7(9)10;6-5(7)4-2-1-3-8-4/h1-4,9-10H;1-3H,(H,6,7). The van der Waals surface area contributed by atoms with E-state index in [1.54, 1.807) is 41.8 Å². The van der Waals surface area contributed by atoms with Crippen molar-refractivity contribution < 1.29 is 19.9 Å². The van der Waals surface area contributed by atoms with Gasteiger partial charge in [0.15, 0.2) is 0 Å². The van der Waals surface area contributed by atoms with E-state index in [4.69, 9.17) is 26.8 Å². The van der Waals surface area contributed by atoms with Crippen LogP contribution in [0.2, 0.25) is 5.02 Å². The van der Waals surface area contributed by atoms with Crippen molar-refractivity contribution in [1.29, 1.82) is 0 Å². The van der Waals surface area contributed by atoms with Gasteiger partial charge in [0.1, 0.15) is 4.88 Å². The zero-order chi connectivity index (χ0) is 13.5. The molecule has 1 heterocycles. The Morgan fingerprint density at radius 1 is 1.17 bits per heavy atom. The summed E-state index contributed by atoms with van der Waals surface area (Å²) in [6.07, 6.45) is 0. The van der Waals surface area contributed by atoms with Gasteiger partial charge in [0.05, 0.1) is 0 Å². The van der Waals surface area contributed by atoms with E-state index in [1.807, 2.05) is 0 Å². The SMILES string of the molecule is O=C(O)c1cccs1.OB(O)c1ccc(Cl)cc1. The van der Waals surface area contributed by atoms with E-state index in [0.29, 0.717) is 15.4 Å². The van der Waals surface area contributed by atoms with Crippen LogP contribution in [0.25, 0.3) is 0 Å². The molecule has 0 bridgehead atoms.